The first-order valence-electron chi connectivity index (χ1n) is 9.15. The normalized spacial score (nSPS) is 11.4. The Hall–Kier alpha value is -2.51. The van der Waals surface area contributed by atoms with Gasteiger partial charge in [0, 0.05) is 18.2 Å². The van der Waals surface area contributed by atoms with Crippen molar-refractivity contribution in [2.75, 3.05) is 14.2 Å². The predicted molar refractivity (Wildman–Crippen MR) is 111 cm³/mol. The molecular formula is C21H25FN4OS. The highest BCUT2D eigenvalue weighted by Gasteiger charge is 2.16. The van der Waals surface area contributed by atoms with Crippen molar-refractivity contribution in [3.63, 3.8) is 0 Å². The van der Waals surface area contributed by atoms with Crippen molar-refractivity contribution in [2.45, 2.75) is 33.1 Å². The number of halogens is 1. The summed E-state index contributed by atoms with van der Waals surface area (Å²) in [5, 5.41) is 4.79. The van der Waals surface area contributed by atoms with E-state index in [0.717, 1.165) is 22.7 Å². The molecule has 0 aliphatic heterocycles. The molecule has 2 aromatic carbocycles. The number of rotatable bonds is 7. The van der Waals surface area contributed by atoms with Crippen molar-refractivity contribution in [1.29, 1.82) is 0 Å². The molecule has 1 aromatic heterocycles. The van der Waals surface area contributed by atoms with Crippen molar-refractivity contribution < 1.29 is 9.13 Å². The zero-order valence-corrected chi connectivity index (χ0v) is 17.4. The fourth-order valence-electron chi connectivity index (χ4n) is 3.09. The van der Waals surface area contributed by atoms with E-state index in [-0.39, 0.29) is 11.9 Å². The molecule has 0 bridgehead atoms. The summed E-state index contributed by atoms with van der Waals surface area (Å²) < 4.78 is 22.9. The fraction of sp³-hybridized carbons (Fsp3) is 0.333. The number of nitrogens with zero attached hydrogens (tertiary/aromatic N) is 4. The van der Waals surface area contributed by atoms with Crippen LogP contribution in [-0.2, 0) is 13.2 Å². The minimum atomic E-state index is -0.228. The molecule has 0 atom stereocenters. The minimum absolute atomic E-state index is 0.181. The molecular weight excluding hydrogens is 375 g/mol. The Balaban J connectivity index is 1.86. The van der Waals surface area contributed by atoms with Gasteiger partial charge in [0.2, 0.25) is 0 Å². The van der Waals surface area contributed by atoms with Crippen LogP contribution in [0, 0.1) is 10.6 Å². The second-order valence-electron chi connectivity index (χ2n) is 7.08. The quantitative estimate of drug-likeness (QED) is 0.529. The minimum Gasteiger partial charge on any atom is -0.497 e. The van der Waals surface area contributed by atoms with Gasteiger partial charge >= 0.3 is 0 Å². The molecule has 28 heavy (non-hydrogen) atoms. The Labute approximate surface area is 170 Å². The number of hydrogen-bond acceptors (Lipinski definition) is 4. The summed E-state index contributed by atoms with van der Waals surface area (Å²) >= 11 is 5.70. The summed E-state index contributed by atoms with van der Waals surface area (Å²) in [7, 11) is 3.64. The molecule has 0 fully saturated rings. The van der Waals surface area contributed by atoms with Gasteiger partial charge < -0.3 is 4.74 Å². The van der Waals surface area contributed by atoms with E-state index in [1.54, 1.807) is 19.2 Å². The van der Waals surface area contributed by atoms with Crippen molar-refractivity contribution >= 4 is 12.2 Å². The van der Waals surface area contributed by atoms with E-state index in [4.69, 9.17) is 22.1 Å². The predicted octanol–water partition coefficient (Wildman–Crippen LogP) is 4.90. The van der Waals surface area contributed by atoms with E-state index < -0.39 is 0 Å². The highest BCUT2D eigenvalue weighted by atomic mass is 32.1. The standard InChI is InChI=1S/C21H25FN4OS/c1-15(2)26-20(17-7-11-19(27-4)12-8-17)23-25(21(26)28)14-24(3)13-16-5-9-18(22)10-6-16/h5-12,15H,13-14H2,1-4H3. The summed E-state index contributed by atoms with van der Waals surface area (Å²) in [6.07, 6.45) is 0. The maximum atomic E-state index is 13.1. The molecule has 0 saturated carbocycles. The lowest BCUT2D eigenvalue weighted by atomic mass is 10.2. The van der Waals surface area contributed by atoms with Gasteiger partial charge in [-0.2, -0.15) is 5.10 Å². The molecule has 0 unspecified atom stereocenters. The molecule has 0 N–H and O–H groups in total. The molecule has 148 valence electrons. The number of aromatic nitrogens is 3. The highest BCUT2D eigenvalue weighted by Crippen LogP contribution is 2.24. The summed E-state index contributed by atoms with van der Waals surface area (Å²) in [4.78, 5) is 2.10. The van der Waals surface area contributed by atoms with E-state index >= 15 is 0 Å². The van der Waals surface area contributed by atoms with Gasteiger partial charge in [-0.05, 0) is 75.1 Å². The third-order valence-corrected chi connectivity index (χ3v) is 4.88. The van der Waals surface area contributed by atoms with Crippen molar-refractivity contribution in [1.82, 2.24) is 19.2 Å². The average molecular weight is 401 g/mol. The Morgan fingerprint density at radius 3 is 2.32 bits per heavy atom. The van der Waals surface area contributed by atoms with Crippen LogP contribution < -0.4 is 4.74 Å². The molecule has 0 aliphatic rings. The van der Waals surface area contributed by atoms with Gasteiger partial charge in [-0.25, -0.2) is 9.07 Å². The Kier molecular flexibility index (Phi) is 6.26. The van der Waals surface area contributed by atoms with Gasteiger partial charge in [-0.3, -0.25) is 9.47 Å². The largest absolute Gasteiger partial charge is 0.497 e. The van der Waals surface area contributed by atoms with Gasteiger partial charge in [0.05, 0.1) is 13.8 Å². The van der Waals surface area contributed by atoms with Crippen LogP contribution in [0.1, 0.15) is 25.5 Å². The van der Waals surface area contributed by atoms with Crippen LogP contribution in [-0.4, -0.2) is 33.4 Å². The first kappa shape index (κ1) is 20.2. The molecule has 5 nitrogen and oxygen atoms in total. The van der Waals surface area contributed by atoms with Crippen LogP contribution in [0.4, 0.5) is 4.39 Å². The average Bonchev–Trinajstić information content (AvgIpc) is 3.00. The lowest BCUT2D eigenvalue weighted by molar-refractivity contribution is 0.243. The zero-order chi connectivity index (χ0) is 20.3. The first-order valence-corrected chi connectivity index (χ1v) is 9.56. The molecule has 0 saturated heterocycles. The Morgan fingerprint density at radius 2 is 1.75 bits per heavy atom. The third-order valence-electron chi connectivity index (χ3n) is 4.48. The number of ether oxygens (including phenoxy) is 1. The third kappa shape index (κ3) is 4.48. The van der Waals surface area contributed by atoms with Gasteiger partial charge in [0.25, 0.3) is 0 Å². The van der Waals surface area contributed by atoms with Crippen LogP contribution >= 0.6 is 12.2 Å². The Bertz CT molecular complexity index is 977. The van der Waals surface area contributed by atoms with E-state index in [2.05, 4.69) is 23.3 Å². The van der Waals surface area contributed by atoms with Crippen LogP contribution in [0.2, 0.25) is 0 Å². The maximum Gasteiger partial charge on any atom is 0.199 e. The molecule has 0 amide bonds. The van der Waals surface area contributed by atoms with Crippen LogP contribution in [0.25, 0.3) is 11.4 Å². The molecule has 0 aliphatic carbocycles. The summed E-state index contributed by atoms with van der Waals surface area (Å²) in [6, 6.07) is 14.5. The molecule has 1 heterocycles. The smallest absolute Gasteiger partial charge is 0.199 e. The topological polar surface area (TPSA) is 35.2 Å². The van der Waals surface area contributed by atoms with Crippen LogP contribution in [0.5, 0.6) is 5.75 Å². The van der Waals surface area contributed by atoms with Crippen LogP contribution in [0.15, 0.2) is 48.5 Å². The highest BCUT2D eigenvalue weighted by molar-refractivity contribution is 7.71. The number of methoxy groups -OCH3 is 1. The van der Waals surface area contributed by atoms with E-state index in [9.17, 15) is 4.39 Å². The molecule has 3 aromatic rings. The van der Waals surface area contributed by atoms with Gasteiger partial charge in [0.1, 0.15) is 11.6 Å². The van der Waals surface area contributed by atoms with Crippen molar-refractivity contribution in [3.05, 3.63) is 64.7 Å². The summed E-state index contributed by atoms with van der Waals surface area (Å²) in [5.74, 6) is 1.41. The summed E-state index contributed by atoms with van der Waals surface area (Å²) in [5.41, 5.74) is 2.02. The van der Waals surface area contributed by atoms with Gasteiger partial charge in [0.15, 0.2) is 10.6 Å². The van der Waals surface area contributed by atoms with Crippen molar-refractivity contribution in [3.8, 4) is 17.1 Å². The maximum absolute atomic E-state index is 13.1. The zero-order valence-electron chi connectivity index (χ0n) is 16.6. The second-order valence-corrected chi connectivity index (χ2v) is 7.45. The first-order chi connectivity index (χ1) is 13.4. The lowest BCUT2D eigenvalue weighted by Gasteiger charge is -2.16. The SMILES string of the molecule is COc1ccc(-c2nn(CN(C)Cc3ccc(F)cc3)c(=S)n2C(C)C)cc1. The second kappa shape index (κ2) is 8.67. The van der Waals surface area contributed by atoms with E-state index in [1.165, 1.54) is 12.1 Å². The molecule has 7 heteroatoms. The van der Waals surface area contributed by atoms with E-state index in [0.29, 0.717) is 18.0 Å². The fourth-order valence-corrected chi connectivity index (χ4v) is 3.49. The van der Waals surface area contributed by atoms with Crippen molar-refractivity contribution in [2.24, 2.45) is 0 Å². The number of hydrogen-bond donors (Lipinski definition) is 0. The van der Waals surface area contributed by atoms with Gasteiger partial charge in [-0.15, -0.1) is 0 Å². The molecule has 3 rings (SSSR count). The monoisotopic (exact) mass is 400 g/mol. The summed E-state index contributed by atoms with van der Waals surface area (Å²) in [6.45, 7) is 5.40. The number of benzene rings is 2. The van der Waals surface area contributed by atoms with Crippen LogP contribution in [0.3, 0.4) is 0 Å². The molecule has 0 spiro atoms. The Morgan fingerprint density at radius 1 is 1.11 bits per heavy atom. The van der Waals surface area contributed by atoms with Gasteiger partial charge in [-0.1, -0.05) is 12.1 Å². The lowest BCUT2D eigenvalue weighted by Crippen LogP contribution is -2.22. The van der Waals surface area contributed by atoms with E-state index in [1.807, 2.05) is 36.0 Å². The molecule has 0 radical (unpaired) electrons.